The van der Waals surface area contributed by atoms with Gasteiger partial charge >= 0.3 is 0 Å². The summed E-state index contributed by atoms with van der Waals surface area (Å²) in [6.45, 7) is 5.80. The highest BCUT2D eigenvalue weighted by Gasteiger charge is 2.26. The molecule has 6 rings (SSSR count). The number of aromatic nitrogens is 5. The zero-order valence-electron chi connectivity index (χ0n) is 21.8. The topological polar surface area (TPSA) is 107 Å². The summed E-state index contributed by atoms with van der Waals surface area (Å²) in [5.74, 6) is 0.747. The van der Waals surface area contributed by atoms with Gasteiger partial charge in [-0.05, 0) is 43.9 Å². The molecule has 38 heavy (non-hydrogen) atoms. The van der Waals surface area contributed by atoms with Gasteiger partial charge in [0.15, 0.2) is 0 Å². The number of nitrogens with two attached hydrogens (primary N) is 1. The van der Waals surface area contributed by atoms with Crippen molar-refractivity contribution in [2.24, 2.45) is 10.7 Å². The number of fused-ring (bicyclic) bond motifs is 3. The van der Waals surface area contributed by atoms with E-state index in [2.05, 4.69) is 28.9 Å². The van der Waals surface area contributed by atoms with Crippen LogP contribution in [-0.4, -0.2) is 49.2 Å². The predicted molar refractivity (Wildman–Crippen MR) is 151 cm³/mol. The van der Waals surface area contributed by atoms with Crippen molar-refractivity contribution in [3.63, 3.8) is 0 Å². The Morgan fingerprint density at radius 2 is 2.05 bits per heavy atom. The van der Waals surface area contributed by atoms with Crippen LogP contribution in [0.4, 0.5) is 11.6 Å². The van der Waals surface area contributed by atoms with Crippen LogP contribution in [0.2, 0.25) is 0 Å². The lowest BCUT2D eigenvalue weighted by molar-refractivity contribution is 0.499. The molecule has 1 unspecified atom stereocenters. The van der Waals surface area contributed by atoms with Gasteiger partial charge in [0, 0.05) is 43.5 Å². The number of anilines is 1. The Bertz CT molecular complexity index is 1630. The van der Waals surface area contributed by atoms with E-state index < -0.39 is 0 Å². The fourth-order valence-corrected chi connectivity index (χ4v) is 5.42. The lowest BCUT2D eigenvalue weighted by Crippen LogP contribution is -2.43. The van der Waals surface area contributed by atoms with E-state index in [1.165, 1.54) is 4.68 Å². The molecule has 0 aliphatic carbocycles. The normalized spacial score (nSPS) is 17.4. The number of aliphatic imine (C=N–C) groups is 1. The van der Waals surface area contributed by atoms with Crippen LogP contribution in [0.15, 0.2) is 58.5 Å². The van der Waals surface area contributed by atoms with Gasteiger partial charge in [0.1, 0.15) is 11.0 Å². The molecule has 0 radical (unpaired) electrons. The Morgan fingerprint density at radius 3 is 2.89 bits per heavy atom. The van der Waals surface area contributed by atoms with Gasteiger partial charge in [-0.15, -0.1) is 0 Å². The second kappa shape index (κ2) is 9.98. The van der Waals surface area contributed by atoms with Gasteiger partial charge in [0.25, 0.3) is 5.56 Å². The van der Waals surface area contributed by atoms with Gasteiger partial charge in [0.2, 0.25) is 5.95 Å². The predicted octanol–water partition coefficient (Wildman–Crippen LogP) is 3.83. The smallest absolute Gasteiger partial charge is 0.293 e. The van der Waals surface area contributed by atoms with Crippen molar-refractivity contribution in [2.45, 2.75) is 52.1 Å². The number of hydrogen-bond acceptors (Lipinski definition) is 7. The van der Waals surface area contributed by atoms with E-state index in [-0.39, 0.29) is 18.1 Å². The molecule has 4 aromatic rings. The molecule has 1 atom stereocenters. The molecule has 2 aliphatic rings. The lowest BCUT2D eigenvalue weighted by atomic mass is 10.00. The van der Waals surface area contributed by atoms with Crippen LogP contribution in [0.5, 0.6) is 0 Å². The fraction of sp³-hybridized carbons (Fsp3) is 0.345. The summed E-state index contributed by atoms with van der Waals surface area (Å²) < 4.78 is 3.45. The van der Waals surface area contributed by atoms with Crippen LogP contribution in [0.1, 0.15) is 48.7 Å². The van der Waals surface area contributed by atoms with Gasteiger partial charge in [-0.25, -0.2) is 14.7 Å². The lowest BCUT2D eigenvalue weighted by Gasteiger charge is -2.31. The second-order valence-electron chi connectivity index (χ2n) is 10.0. The van der Waals surface area contributed by atoms with Crippen LogP contribution >= 0.6 is 0 Å². The minimum atomic E-state index is -0.192. The fourth-order valence-electron chi connectivity index (χ4n) is 5.42. The standard InChI is InChI=1S/C29H32N8O/c1-3-4-15-36-27-26(33-29(36)35-14-8-10-21(30)17-35)19(2)34-37(28(27)38)18-25-22-11-6-5-9-20(22)16-24-23(32-25)12-7-13-31-24/h4-7,9,11-13,15,21H,3,8,10,14,16-18,30H2,1-2H3. The van der Waals surface area contributed by atoms with Crippen LogP contribution in [0.25, 0.3) is 17.2 Å². The Hall–Kier alpha value is -4.11. The number of piperidine rings is 1. The molecule has 2 aliphatic heterocycles. The molecule has 5 heterocycles. The van der Waals surface area contributed by atoms with Crippen molar-refractivity contribution in [2.75, 3.05) is 18.0 Å². The zero-order valence-corrected chi connectivity index (χ0v) is 21.8. The SMILES string of the molecule is CCC=Cn1c(N2CCCC(N)C2)nc2c(C)nn(CC3=Nc4cccnc4Cc4ccccc43)c(=O)c21. The summed E-state index contributed by atoms with van der Waals surface area (Å²) in [6.07, 6.45) is 9.33. The number of hydrogen-bond donors (Lipinski definition) is 1. The van der Waals surface area contributed by atoms with Crippen LogP contribution in [0, 0.1) is 6.92 Å². The second-order valence-corrected chi connectivity index (χ2v) is 10.0. The third-order valence-electron chi connectivity index (χ3n) is 7.28. The quantitative estimate of drug-likeness (QED) is 0.439. The Kier molecular flexibility index (Phi) is 6.37. The largest absolute Gasteiger partial charge is 0.340 e. The van der Waals surface area contributed by atoms with E-state index >= 15 is 0 Å². The van der Waals surface area contributed by atoms with Gasteiger partial charge in [-0.1, -0.05) is 37.3 Å². The maximum Gasteiger partial charge on any atom is 0.293 e. The first kappa shape index (κ1) is 24.2. The average Bonchev–Trinajstić information content (AvgIpc) is 3.23. The first-order valence-electron chi connectivity index (χ1n) is 13.3. The van der Waals surface area contributed by atoms with Crippen molar-refractivity contribution < 1.29 is 0 Å². The molecule has 9 heteroatoms. The molecule has 0 spiro atoms. The zero-order chi connectivity index (χ0) is 26.2. The molecule has 0 saturated carbocycles. The van der Waals surface area contributed by atoms with E-state index in [0.29, 0.717) is 29.7 Å². The first-order chi connectivity index (χ1) is 18.5. The molecule has 2 N–H and O–H groups in total. The molecular weight excluding hydrogens is 476 g/mol. The summed E-state index contributed by atoms with van der Waals surface area (Å²) in [5.41, 5.74) is 12.6. The maximum atomic E-state index is 14.0. The maximum absolute atomic E-state index is 14.0. The molecule has 9 nitrogen and oxygen atoms in total. The van der Waals surface area contributed by atoms with E-state index in [0.717, 1.165) is 60.0 Å². The molecule has 0 amide bonds. The number of benzene rings is 1. The number of pyridine rings is 1. The minimum absolute atomic E-state index is 0.0914. The highest BCUT2D eigenvalue weighted by molar-refractivity contribution is 6.04. The highest BCUT2D eigenvalue weighted by Crippen LogP contribution is 2.28. The number of nitrogens with zero attached hydrogens (tertiary/aromatic N) is 7. The minimum Gasteiger partial charge on any atom is -0.340 e. The highest BCUT2D eigenvalue weighted by atomic mass is 16.1. The molecule has 1 aromatic carbocycles. The summed E-state index contributed by atoms with van der Waals surface area (Å²) in [6, 6.07) is 12.1. The molecule has 0 bridgehead atoms. The van der Waals surface area contributed by atoms with E-state index in [4.69, 9.17) is 20.8 Å². The summed E-state index contributed by atoms with van der Waals surface area (Å²) >= 11 is 0. The van der Waals surface area contributed by atoms with Gasteiger partial charge in [-0.2, -0.15) is 5.10 Å². The van der Waals surface area contributed by atoms with E-state index in [1.54, 1.807) is 6.20 Å². The van der Waals surface area contributed by atoms with Gasteiger partial charge in [-0.3, -0.25) is 14.3 Å². The van der Waals surface area contributed by atoms with Crippen LogP contribution < -0.4 is 16.2 Å². The summed E-state index contributed by atoms with van der Waals surface area (Å²) in [7, 11) is 0. The van der Waals surface area contributed by atoms with Gasteiger partial charge < -0.3 is 10.6 Å². The molecule has 1 saturated heterocycles. The molecule has 1 fully saturated rings. The Morgan fingerprint density at radius 1 is 1.18 bits per heavy atom. The van der Waals surface area contributed by atoms with E-state index in [9.17, 15) is 4.79 Å². The van der Waals surface area contributed by atoms with E-state index in [1.807, 2.05) is 48.0 Å². The summed E-state index contributed by atoms with van der Waals surface area (Å²) in [4.78, 5) is 30.7. The van der Waals surface area contributed by atoms with Gasteiger partial charge in [0.05, 0.1) is 29.3 Å². The van der Waals surface area contributed by atoms with Crippen molar-refractivity contribution in [3.8, 4) is 0 Å². The van der Waals surface area contributed by atoms with Crippen molar-refractivity contribution in [1.82, 2.24) is 24.3 Å². The van der Waals surface area contributed by atoms with Crippen LogP contribution in [0.3, 0.4) is 0 Å². The molecule has 3 aromatic heterocycles. The number of imidazole rings is 1. The number of allylic oxidation sites excluding steroid dienone is 1. The third-order valence-corrected chi connectivity index (χ3v) is 7.28. The van der Waals surface area contributed by atoms with Crippen molar-refractivity contribution >= 4 is 34.6 Å². The number of rotatable bonds is 5. The monoisotopic (exact) mass is 508 g/mol. The van der Waals surface area contributed by atoms with Crippen molar-refractivity contribution in [3.05, 3.63) is 81.5 Å². The Balaban J connectivity index is 1.50. The Labute approximate surface area is 221 Å². The van der Waals surface area contributed by atoms with Crippen molar-refractivity contribution in [1.29, 1.82) is 0 Å². The summed E-state index contributed by atoms with van der Waals surface area (Å²) in [5, 5.41) is 4.71. The first-order valence-corrected chi connectivity index (χ1v) is 13.3. The third kappa shape index (κ3) is 4.32. The number of aryl methyl sites for hydroxylation is 1. The molecule has 194 valence electrons. The average molecular weight is 509 g/mol. The molecular formula is C29H32N8O. The van der Waals surface area contributed by atoms with Crippen LogP contribution in [-0.2, 0) is 13.0 Å².